The van der Waals surface area contributed by atoms with Crippen LogP contribution in [0, 0.1) is 0 Å². The zero-order valence-electron chi connectivity index (χ0n) is 16.3. The molecule has 2 rings (SSSR count). The summed E-state index contributed by atoms with van der Waals surface area (Å²) in [4.78, 5) is 12.1. The standard InChI is InChI=1S/C21H27NO5/c1-24-17-8-5-15(13-19(17)26-3)7-10-21(23)22-12-11-16-6-9-18(25-2)20(14-16)27-4/h5-6,8-9,13-14H,7,10-12H2,1-4H3,(H,22,23). The summed E-state index contributed by atoms with van der Waals surface area (Å²) in [5, 5.41) is 2.95. The van der Waals surface area contributed by atoms with Crippen LogP contribution in [0.3, 0.4) is 0 Å². The summed E-state index contributed by atoms with van der Waals surface area (Å²) in [6.45, 7) is 0.570. The summed E-state index contributed by atoms with van der Waals surface area (Å²) < 4.78 is 21.0. The van der Waals surface area contributed by atoms with Gasteiger partial charge in [0, 0.05) is 13.0 Å². The molecular formula is C21H27NO5. The molecule has 27 heavy (non-hydrogen) atoms. The predicted molar refractivity (Wildman–Crippen MR) is 104 cm³/mol. The van der Waals surface area contributed by atoms with Crippen molar-refractivity contribution >= 4 is 5.91 Å². The molecular weight excluding hydrogens is 346 g/mol. The highest BCUT2D eigenvalue weighted by Gasteiger charge is 2.08. The molecule has 6 heteroatoms. The SMILES string of the molecule is COc1ccc(CCNC(=O)CCc2ccc(OC)c(OC)c2)cc1OC. The third-order valence-corrected chi connectivity index (χ3v) is 4.27. The lowest BCUT2D eigenvalue weighted by Gasteiger charge is -2.11. The van der Waals surface area contributed by atoms with Crippen molar-refractivity contribution in [2.24, 2.45) is 0 Å². The van der Waals surface area contributed by atoms with Gasteiger partial charge in [0.2, 0.25) is 5.91 Å². The topological polar surface area (TPSA) is 66.0 Å². The number of ether oxygens (including phenoxy) is 4. The van der Waals surface area contributed by atoms with Crippen molar-refractivity contribution in [2.45, 2.75) is 19.3 Å². The molecule has 1 N–H and O–H groups in total. The van der Waals surface area contributed by atoms with Crippen molar-refractivity contribution < 1.29 is 23.7 Å². The molecule has 6 nitrogen and oxygen atoms in total. The van der Waals surface area contributed by atoms with E-state index < -0.39 is 0 Å². The molecule has 0 radical (unpaired) electrons. The average molecular weight is 373 g/mol. The van der Waals surface area contributed by atoms with Gasteiger partial charge in [0.25, 0.3) is 0 Å². The molecule has 0 bridgehead atoms. The number of carbonyl (C=O) groups is 1. The van der Waals surface area contributed by atoms with E-state index in [2.05, 4.69) is 5.32 Å². The zero-order valence-corrected chi connectivity index (χ0v) is 16.3. The van der Waals surface area contributed by atoms with Crippen LogP contribution < -0.4 is 24.3 Å². The van der Waals surface area contributed by atoms with Gasteiger partial charge >= 0.3 is 0 Å². The Morgan fingerprint density at radius 3 is 1.70 bits per heavy atom. The first-order valence-electron chi connectivity index (χ1n) is 8.79. The molecule has 1 amide bonds. The second-order valence-corrected chi connectivity index (χ2v) is 5.98. The normalized spacial score (nSPS) is 10.2. The van der Waals surface area contributed by atoms with Gasteiger partial charge in [-0.05, 0) is 48.2 Å². The average Bonchev–Trinajstić information content (AvgIpc) is 2.71. The van der Waals surface area contributed by atoms with Crippen LogP contribution in [-0.2, 0) is 17.6 Å². The first-order valence-corrected chi connectivity index (χ1v) is 8.79. The predicted octanol–water partition coefficient (Wildman–Crippen LogP) is 3.01. The molecule has 0 saturated carbocycles. The van der Waals surface area contributed by atoms with E-state index in [1.165, 1.54) is 0 Å². The molecule has 0 aliphatic heterocycles. The van der Waals surface area contributed by atoms with Crippen LogP contribution in [0.25, 0.3) is 0 Å². The Kier molecular flexibility index (Phi) is 7.79. The molecule has 0 heterocycles. The summed E-state index contributed by atoms with van der Waals surface area (Å²) in [5.41, 5.74) is 2.11. The van der Waals surface area contributed by atoms with Gasteiger partial charge in [0.1, 0.15) is 0 Å². The molecule has 0 aromatic heterocycles. The lowest BCUT2D eigenvalue weighted by Crippen LogP contribution is -2.25. The van der Waals surface area contributed by atoms with Crippen LogP contribution in [0.2, 0.25) is 0 Å². The van der Waals surface area contributed by atoms with E-state index in [0.29, 0.717) is 42.4 Å². The highest BCUT2D eigenvalue weighted by atomic mass is 16.5. The van der Waals surface area contributed by atoms with Crippen LogP contribution >= 0.6 is 0 Å². The van der Waals surface area contributed by atoms with E-state index in [0.717, 1.165) is 17.5 Å². The molecule has 0 atom stereocenters. The summed E-state index contributed by atoms with van der Waals surface area (Å²) in [6, 6.07) is 11.5. The number of hydrogen-bond donors (Lipinski definition) is 1. The first kappa shape index (κ1) is 20.4. The van der Waals surface area contributed by atoms with Crippen LogP contribution in [0.1, 0.15) is 17.5 Å². The fraction of sp³-hybridized carbons (Fsp3) is 0.381. The van der Waals surface area contributed by atoms with E-state index in [9.17, 15) is 4.79 Å². The highest BCUT2D eigenvalue weighted by Crippen LogP contribution is 2.28. The minimum absolute atomic E-state index is 0.0188. The molecule has 0 aliphatic carbocycles. The lowest BCUT2D eigenvalue weighted by molar-refractivity contribution is -0.121. The number of nitrogens with one attached hydrogen (secondary N) is 1. The van der Waals surface area contributed by atoms with Gasteiger partial charge in [0.05, 0.1) is 28.4 Å². The Bertz CT molecular complexity index is 760. The minimum atomic E-state index is 0.0188. The number of methoxy groups -OCH3 is 4. The number of amides is 1. The molecule has 0 fully saturated rings. The lowest BCUT2D eigenvalue weighted by atomic mass is 10.1. The molecule has 0 unspecified atom stereocenters. The smallest absolute Gasteiger partial charge is 0.220 e. The molecule has 2 aromatic carbocycles. The van der Waals surface area contributed by atoms with Gasteiger partial charge in [-0.25, -0.2) is 0 Å². The van der Waals surface area contributed by atoms with Gasteiger partial charge < -0.3 is 24.3 Å². The zero-order chi connectivity index (χ0) is 19.6. The van der Waals surface area contributed by atoms with Crippen molar-refractivity contribution in [3.8, 4) is 23.0 Å². The minimum Gasteiger partial charge on any atom is -0.493 e. The summed E-state index contributed by atoms with van der Waals surface area (Å²) in [5.74, 6) is 2.75. The largest absolute Gasteiger partial charge is 0.493 e. The van der Waals surface area contributed by atoms with Crippen molar-refractivity contribution in [1.29, 1.82) is 0 Å². The molecule has 146 valence electrons. The molecule has 0 saturated heterocycles. The fourth-order valence-electron chi connectivity index (χ4n) is 2.76. The maximum atomic E-state index is 12.1. The van der Waals surface area contributed by atoms with E-state index in [-0.39, 0.29) is 5.91 Å². The monoisotopic (exact) mass is 373 g/mol. The van der Waals surface area contributed by atoms with Crippen molar-refractivity contribution in [1.82, 2.24) is 5.32 Å². The van der Waals surface area contributed by atoms with Crippen LogP contribution in [-0.4, -0.2) is 40.9 Å². The van der Waals surface area contributed by atoms with E-state index >= 15 is 0 Å². The highest BCUT2D eigenvalue weighted by molar-refractivity contribution is 5.76. The number of hydrogen-bond acceptors (Lipinski definition) is 5. The fourth-order valence-corrected chi connectivity index (χ4v) is 2.76. The van der Waals surface area contributed by atoms with Gasteiger partial charge in [-0.2, -0.15) is 0 Å². The maximum Gasteiger partial charge on any atom is 0.220 e. The second kappa shape index (κ2) is 10.3. The van der Waals surface area contributed by atoms with E-state index in [1.807, 2.05) is 36.4 Å². The summed E-state index contributed by atoms with van der Waals surface area (Å²) in [6.07, 6.45) is 1.78. The Hall–Kier alpha value is -2.89. The molecule has 0 aliphatic rings. The van der Waals surface area contributed by atoms with Crippen LogP contribution in [0.5, 0.6) is 23.0 Å². The van der Waals surface area contributed by atoms with Gasteiger partial charge in [0.15, 0.2) is 23.0 Å². The Balaban J connectivity index is 1.80. The van der Waals surface area contributed by atoms with Crippen molar-refractivity contribution in [2.75, 3.05) is 35.0 Å². The number of carbonyl (C=O) groups excluding carboxylic acids is 1. The van der Waals surface area contributed by atoms with Crippen LogP contribution in [0.15, 0.2) is 36.4 Å². The van der Waals surface area contributed by atoms with E-state index in [1.54, 1.807) is 28.4 Å². The van der Waals surface area contributed by atoms with Gasteiger partial charge in [-0.3, -0.25) is 4.79 Å². The summed E-state index contributed by atoms with van der Waals surface area (Å²) in [7, 11) is 6.42. The number of rotatable bonds is 10. The summed E-state index contributed by atoms with van der Waals surface area (Å²) >= 11 is 0. The second-order valence-electron chi connectivity index (χ2n) is 5.98. The van der Waals surface area contributed by atoms with Gasteiger partial charge in [-0.1, -0.05) is 12.1 Å². The van der Waals surface area contributed by atoms with Crippen molar-refractivity contribution in [3.05, 3.63) is 47.5 Å². The number of aryl methyl sites for hydroxylation is 1. The van der Waals surface area contributed by atoms with E-state index in [4.69, 9.17) is 18.9 Å². The first-order chi connectivity index (χ1) is 13.1. The Morgan fingerprint density at radius 2 is 1.22 bits per heavy atom. The molecule has 2 aromatic rings. The number of benzene rings is 2. The van der Waals surface area contributed by atoms with Gasteiger partial charge in [-0.15, -0.1) is 0 Å². The Morgan fingerprint density at radius 1 is 0.741 bits per heavy atom. The third kappa shape index (κ3) is 5.81. The quantitative estimate of drug-likeness (QED) is 0.693. The Labute approximate surface area is 160 Å². The van der Waals surface area contributed by atoms with Crippen molar-refractivity contribution in [3.63, 3.8) is 0 Å². The molecule has 0 spiro atoms. The third-order valence-electron chi connectivity index (χ3n) is 4.27. The maximum absolute atomic E-state index is 12.1. The van der Waals surface area contributed by atoms with Crippen LogP contribution in [0.4, 0.5) is 0 Å².